The molecule has 2 rings (SSSR count). The molecule has 0 saturated carbocycles. The Bertz CT molecular complexity index is 711. The lowest BCUT2D eigenvalue weighted by Gasteiger charge is -2.06. The van der Waals surface area contributed by atoms with Gasteiger partial charge in [-0.25, -0.2) is 0 Å². The summed E-state index contributed by atoms with van der Waals surface area (Å²) >= 11 is 6.06. The molecule has 0 aliphatic rings. The van der Waals surface area contributed by atoms with E-state index in [1.807, 2.05) is 25.1 Å². The monoisotopic (exact) mass is 331 g/mol. The van der Waals surface area contributed by atoms with E-state index in [4.69, 9.17) is 22.1 Å². The van der Waals surface area contributed by atoms with Gasteiger partial charge in [-0.05, 0) is 48.2 Å². The van der Waals surface area contributed by atoms with E-state index in [0.29, 0.717) is 23.4 Å². The first-order valence-electron chi connectivity index (χ1n) is 7.25. The van der Waals surface area contributed by atoms with Crippen LogP contribution < -0.4 is 5.73 Å². The second-order valence-corrected chi connectivity index (χ2v) is 5.71. The van der Waals surface area contributed by atoms with Gasteiger partial charge in [-0.1, -0.05) is 35.9 Å². The van der Waals surface area contributed by atoms with Crippen LogP contribution in [0.2, 0.25) is 5.02 Å². The average Bonchev–Trinajstić information content (AvgIpc) is 2.54. The minimum Gasteiger partial charge on any atom is -0.461 e. The van der Waals surface area contributed by atoms with Crippen LogP contribution in [0.1, 0.15) is 33.5 Å². The molecular formula is C18H18ClNO3. The third-order valence-electron chi connectivity index (χ3n) is 3.49. The van der Waals surface area contributed by atoms with Crippen molar-refractivity contribution >= 4 is 23.5 Å². The van der Waals surface area contributed by atoms with Crippen LogP contribution in [-0.4, -0.2) is 11.9 Å². The highest BCUT2D eigenvalue weighted by atomic mass is 35.5. The van der Waals surface area contributed by atoms with Gasteiger partial charge in [-0.2, -0.15) is 0 Å². The van der Waals surface area contributed by atoms with Crippen molar-refractivity contribution in [2.75, 3.05) is 0 Å². The lowest BCUT2D eigenvalue weighted by Crippen LogP contribution is -2.11. The number of ether oxygens (including phenoxy) is 1. The fraction of sp³-hybridized carbons (Fsp3) is 0.222. The first-order chi connectivity index (χ1) is 11.0. The van der Waals surface area contributed by atoms with Crippen LogP contribution in [0.4, 0.5) is 0 Å². The molecule has 2 N–H and O–H groups in total. The summed E-state index contributed by atoms with van der Waals surface area (Å²) in [6, 6.07) is 12.4. The number of aryl methyl sites for hydroxylation is 2. The minimum absolute atomic E-state index is 0.173. The van der Waals surface area contributed by atoms with Crippen LogP contribution in [0, 0.1) is 6.92 Å². The third kappa shape index (κ3) is 5.11. The molecule has 0 spiro atoms. The SMILES string of the molecule is Cc1ccc(CCC(=O)OCc2ccc(C(N)=O)cc2)cc1Cl. The van der Waals surface area contributed by atoms with Gasteiger partial charge in [-0.15, -0.1) is 0 Å². The average molecular weight is 332 g/mol. The van der Waals surface area contributed by atoms with Crippen molar-refractivity contribution in [2.24, 2.45) is 5.73 Å². The molecule has 2 aromatic carbocycles. The predicted molar refractivity (Wildman–Crippen MR) is 89.3 cm³/mol. The molecule has 5 heteroatoms. The number of halogens is 1. The number of hydrogen-bond acceptors (Lipinski definition) is 3. The zero-order valence-electron chi connectivity index (χ0n) is 12.8. The molecule has 0 atom stereocenters. The van der Waals surface area contributed by atoms with Gasteiger partial charge < -0.3 is 10.5 Å². The van der Waals surface area contributed by atoms with E-state index in [9.17, 15) is 9.59 Å². The second kappa shape index (κ2) is 7.79. The molecule has 1 amide bonds. The number of carbonyl (C=O) groups excluding carboxylic acids is 2. The molecule has 4 nitrogen and oxygen atoms in total. The Labute approximate surface area is 140 Å². The Morgan fingerprint density at radius 3 is 2.35 bits per heavy atom. The highest BCUT2D eigenvalue weighted by Crippen LogP contribution is 2.17. The van der Waals surface area contributed by atoms with Crippen LogP contribution in [0.5, 0.6) is 0 Å². The molecule has 0 radical (unpaired) electrons. The Hall–Kier alpha value is -2.33. The maximum absolute atomic E-state index is 11.8. The molecule has 0 unspecified atom stereocenters. The summed E-state index contributed by atoms with van der Waals surface area (Å²) < 4.78 is 5.22. The molecule has 0 aliphatic carbocycles. The number of esters is 1. The maximum atomic E-state index is 11.8. The van der Waals surface area contributed by atoms with Gasteiger partial charge in [0.15, 0.2) is 0 Å². The number of amides is 1. The van der Waals surface area contributed by atoms with E-state index in [0.717, 1.165) is 16.7 Å². The Morgan fingerprint density at radius 1 is 1.09 bits per heavy atom. The van der Waals surface area contributed by atoms with Crippen molar-refractivity contribution in [1.29, 1.82) is 0 Å². The normalized spacial score (nSPS) is 10.3. The quantitative estimate of drug-likeness (QED) is 0.824. The van der Waals surface area contributed by atoms with Crippen molar-refractivity contribution in [2.45, 2.75) is 26.4 Å². The lowest BCUT2D eigenvalue weighted by atomic mass is 10.1. The van der Waals surface area contributed by atoms with Gasteiger partial charge in [0.1, 0.15) is 6.61 Å². The van der Waals surface area contributed by atoms with Crippen LogP contribution in [0.25, 0.3) is 0 Å². The van der Waals surface area contributed by atoms with Crippen LogP contribution in [0.3, 0.4) is 0 Å². The zero-order chi connectivity index (χ0) is 16.8. The summed E-state index contributed by atoms with van der Waals surface area (Å²) in [5.74, 6) is -0.758. The largest absolute Gasteiger partial charge is 0.461 e. The molecule has 0 heterocycles. The Kier molecular flexibility index (Phi) is 5.77. The molecule has 0 fully saturated rings. The lowest BCUT2D eigenvalue weighted by molar-refractivity contribution is -0.144. The van der Waals surface area contributed by atoms with E-state index in [-0.39, 0.29) is 12.6 Å². The number of carbonyl (C=O) groups is 2. The summed E-state index contributed by atoms with van der Waals surface area (Å²) in [5.41, 5.74) is 8.42. The van der Waals surface area contributed by atoms with Gasteiger partial charge >= 0.3 is 5.97 Å². The molecule has 0 aliphatic heterocycles. The molecule has 120 valence electrons. The summed E-state index contributed by atoms with van der Waals surface area (Å²) in [6.07, 6.45) is 0.873. The first kappa shape index (κ1) is 17.0. The van der Waals surface area contributed by atoms with Gasteiger partial charge in [0, 0.05) is 17.0 Å². The van der Waals surface area contributed by atoms with Crippen LogP contribution >= 0.6 is 11.6 Å². The number of nitrogens with two attached hydrogens (primary N) is 1. The van der Waals surface area contributed by atoms with Crippen LogP contribution in [-0.2, 0) is 22.6 Å². The third-order valence-corrected chi connectivity index (χ3v) is 3.90. The maximum Gasteiger partial charge on any atom is 0.306 e. The summed E-state index contributed by atoms with van der Waals surface area (Å²) in [4.78, 5) is 22.8. The van der Waals surface area contributed by atoms with Gasteiger partial charge in [0.25, 0.3) is 0 Å². The fourth-order valence-electron chi connectivity index (χ4n) is 2.04. The summed E-state index contributed by atoms with van der Waals surface area (Å²) in [7, 11) is 0. The first-order valence-corrected chi connectivity index (χ1v) is 7.63. The van der Waals surface area contributed by atoms with Crippen molar-refractivity contribution in [1.82, 2.24) is 0 Å². The number of primary amides is 1. The van der Waals surface area contributed by atoms with Gasteiger partial charge in [0.2, 0.25) is 5.91 Å². The van der Waals surface area contributed by atoms with E-state index in [1.165, 1.54) is 0 Å². The number of benzene rings is 2. The standard InChI is InChI=1S/C18H18ClNO3/c1-12-2-3-13(10-16(12)19)6-9-17(21)23-11-14-4-7-15(8-5-14)18(20)22/h2-5,7-8,10H,6,9,11H2,1H3,(H2,20,22). The molecule has 23 heavy (non-hydrogen) atoms. The van der Waals surface area contributed by atoms with Crippen molar-refractivity contribution < 1.29 is 14.3 Å². The van der Waals surface area contributed by atoms with E-state index in [2.05, 4.69) is 0 Å². The Morgan fingerprint density at radius 2 is 1.74 bits per heavy atom. The van der Waals surface area contributed by atoms with E-state index in [1.54, 1.807) is 24.3 Å². The molecule has 0 bridgehead atoms. The highest BCUT2D eigenvalue weighted by Gasteiger charge is 2.06. The van der Waals surface area contributed by atoms with Crippen molar-refractivity contribution in [3.8, 4) is 0 Å². The minimum atomic E-state index is -0.481. The van der Waals surface area contributed by atoms with Gasteiger partial charge in [0.05, 0.1) is 0 Å². The van der Waals surface area contributed by atoms with E-state index >= 15 is 0 Å². The number of rotatable bonds is 6. The highest BCUT2D eigenvalue weighted by molar-refractivity contribution is 6.31. The smallest absolute Gasteiger partial charge is 0.306 e. The molecule has 0 aromatic heterocycles. The fourth-order valence-corrected chi connectivity index (χ4v) is 2.24. The van der Waals surface area contributed by atoms with Crippen LogP contribution in [0.15, 0.2) is 42.5 Å². The number of hydrogen-bond donors (Lipinski definition) is 1. The summed E-state index contributed by atoms with van der Waals surface area (Å²) in [5, 5.41) is 0.699. The molecule has 0 saturated heterocycles. The topological polar surface area (TPSA) is 69.4 Å². The van der Waals surface area contributed by atoms with Crippen molar-refractivity contribution in [3.05, 3.63) is 69.7 Å². The Balaban J connectivity index is 1.80. The van der Waals surface area contributed by atoms with E-state index < -0.39 is 5.91 Å². The summed E-state index contributed by atoms with van der Waals surface area (Å²) in [6.45, 7) is 2.11. The molecule has 2 aromatic rings. The predicted octanol–water partition coefficient (Wildman–Crippen LogP) is 3.42. The molecular weight excluding hydrogens is 314 g/mol. The van der Waals surface area contributed by atoms with Crippen molar-refractivity contribution in [3.63, 3.8) is 0 Å². The second-order valence-electron chi connectivity index (χ2n) is 5.31. The van der Waals surface area contributed by atoms with Gasteiger partial charge in [-0.3, -0.25) is 9.59 Å². The zero-order valence-corrected chi connectivity index (χ0v) is 13.6.